The molecule has 0 bridgehead atoms. The minimum Gasteiger partial charge on any atom is -0.349 e. The fourth-order valence-electron chi connectivity index (χ4n) is 3.53. The lowest BCUT2D eigenvalue weighted by Crippen LogP contribution is -2.34. The van der Waals surface area contributed by atoms with Gasteiger partial charge in [0.1, 0.15) is 0 Å². The third-order valence-electron chi connectivity index (χ3n) is 5.01. The summed E-state index contributed by atoms with van der Waals surface area (Å²) in [7, 11) is 0. The summed E-state index contributed by atoms with van der Waals surface area (Å²) in [6.45, 7) is 6.29. The van der Waals surface area contributed by atoms with Crippen LogP contribution in [0.5, 0.6) is 0 Å². The Bertz CT molecular complexity index is 505. The second-order valence-corrected chi connectivity index (χ2v) is 6.51. The van der Waals surface area contributed by atoms with Gasteiger partial charge in [0, 0.05) is 5.92 Å². The van der Waals surface area contributed by atoms with Crippen LogP contribution >= 0.6 is 0 Å². The van der Waals surface area contributed by atoms with Crippen LogP contribution in [0.1, 0.15) is 43.4 Å². The molecule has 3 heteroatoms. The average Bonchev–Trinajstić information content (AvgIpc) is 3.13. The lowest BCUT2D eigenvalue weighted by Gasteiger charge is -2.24. The molecule has 1 aliphatic carbocycles. The van der Waals surface area contributed by atoms with Crippen molar-refractivity contribution in [3.05, 3.63) is 35.4 Å². The molecule has 2 aliphatic rings. The van der Waals surface area contributed by atoms with Gasteiger partial charge in [0.25, 0.3) is 0 Å². The van der Waals surface area contributed by atoms with Gasteiger partial charge < -0.3 is 10.6 Å². The second kappa shape index (κ2) is 5.21. The molecule has 1 aromatic carbocycles. The first-order chi connectivity index (χ1) is 9.61. The highest BCUT2D eigenvalue weighted by molar-refractivity contribution is 5.83. The molecule has 1 saturated heterocycles. The Hall–Kier alpha value is -1.35. The van der Waals surface area contributed by atoms with Crippen molar-refractivity contribution in [2.24, 2.45) is 11.3 Å². The summed E-state index contributed by atoms with van der Waals surface area (Å²) >= 11 is 0. The molecule has 3 rings (SSSR count). The number of piperidine rings is 1. The fourth-order valence-corrected chi connectivity index (χ4v) is 3.53. The van der Waals surface area contributed by atoms with E-state index in [0.29, 0.717) is 5.41 Å². The lowest BCUT2D eigenvalue weighted by atomic mass is 9.91. The van der Waals surface area contributed by atoms with Gasteiger partial charge in [-0.3, -0.25) is 4.79 Å². The Morgan fingerprint density at radius 1 is 1.40 bits per heavy atom. The number of hydrogen-bond acceptors (Lipinski definition) is 2. The van der Waals surface area contributed by atoms with Crippen LogP contribution in [-0.2, 0) is 4.79 Å². The zero-order valence-electron chi connectivity index (χ0n) is 12.4. The Morgan fingerprint density at radius 3 is 2.85 bits per heavy atom. The minimum absolute atomic E-state index is 0.0989. The molecule has 2 fully saturated rings. The third kappa shape index (κ3) is 2.59. The molecule has 2 N–H and O–H groups in total. The van der Waals surface area contributed by atoms with E-state index < -0.39 is 0 Å². The van der Waals surface area contributed by atoms with E-state index in [4.69, 9.17) is 0 Å². The van der Waals surface area contributed by atoms with Crippen LogP contribution in [0.3, 0.4) is 0 Å². The molecular formula is C17H24N2O. The van der Waals surface area contributed by atoms with E-state index in [-0.39, 0.29) is 17.9 Å². The maximum Gasteiger partial charge on any atom is 0.224 e. The average molecular weight is 272 g/mol. The predicted molar refractivity (Wildman–Crippen MR) is 80.4 cm³/mol. The highest BCUT2D eigenvalue weighted by atomic mass is 16.2. The molecule has 0 radical (unpaired) electrons. The van der Waals surface area contributed by atoms with Crippen molar-refractivity contribution in [3.8, 4) is 0 Å². The number of aryl methyl sites for hydroxylation is 1. The van der Waals surface area contributed by atoms with Crippen molar-refractivity contribution >= 4 is 5.91 Å². The van der Waals surface area contributed by atoms with E-state index in [1.54, 1.807) is 0 Å². The zero-order valence-corrected chi connectivity index (χ0v) is 12.4. The van der Waals surface area contributed by atoms with Crippen molar-refractivity contribution in [3.63, 3.8) is 0 Å². The second-order valence-electron chi connectivity index (χ2n) is 6.51. The van der Waals surface area contributed by atoms with Gasteiger partial charge in [-0.05, 0) is 57.2 Å². The number of carbonyl (C=O) groups excluding carboxylic acids is 1. The summed E-state index contributed by atoms with van der Waals surface area (Å²) in [6, 6.07) is 8.48. The number of amides is 1. The summed E-state index contributed by atoms with van der Waals surface area (Å²) in [5.74, 6) is 0.498. The zero-order chi connectivity index (χ0) is 14.2. The molecule has 1 aromatic rings. The van der Waals surface area contributed by atoms with Gasteiger partial charge in [-0.15, -0.1) is 0 Å². The SMILES string of the molecule is Cc1cccc([C@@H](C)NC(=O)C2CC23CCNCC3)c1. The van der Waals surface area contributed by atoms with Crippen LogP contribution in [0.25, 0.3) is 0 Å². The molecule has 108 valence electrons. The van der Waals surface area contributed by atoms with E-state index in [9.17, 15) is 4.79 Å². The highest BCUT2D eigenvalue weighted by Gasteiger charge is 2.57. The van der Waals surface area contributed by atoms with Crippen molar-refractivity contribution in [2.75, 3.05) is 13.1 Å². The van der Waals surface area contributed by atoms with Crippen molar-refractivity contribution in [2.45, 2.75) is 39.2 Å². The van der Waals surface area contributed by atoms with Gasteiger partial charge >= 0.3 is 0 Å². The first-order valence-electron chi connectivity index (χ1n) is 7.68. The summed E-state index contributed by atoms with van der Waals surface area (Å²) < 4.78 is 0. The number of carbonyl (C=O) groups is 1. The maximum absolute atomic E-state index is 12.4. The molecular weight excluding hydrogens is 248 g/mol. The van der Waals surface area contributed by atoms with Gasteiger partial charge in [-0.25, -0.2) is 0 Å². The molecule has 3 nitrogen and oxygen atoms in total. The van der Waals surface area contributed by atoms with Crippen LogP contribution in [0, 0.1) is 18.3 Å². The molecule has 0 aromatic heterocycles. The Balaban J connectivity index is 1.60. The van der Waals surface area contributed by atoms with E-state index in [0.717, 1.165) is 32.4 Å². The van der Waals surface area contributed by atoms with Crippen LogP contribution in [-0.4, -0.2) is 19.0 Å². The van der Waals surface area contributed by atoms with Crippen molar-refractivity contribution in [1.29, 1.82) is 0 Å². The van der Waals surface area contributed by atoms with Crippen LogP contribution in [0.4, 0.5) is 0 Å². The van der Waals surface area contributed by atoms with Crippen LogP contribution in [0.15, 0.2) is 24.3 Å². The van der Waals surface area contributed by atoms with Gasteiger partial charge in [-0.2, -0.15) is 0 Å². The topological polar surface area (TPSA) is 41.1 Å². The minimum atomic E-state index is 0.0989. The number of nitrogens with one attached hydrogen (secondary N) is 2. The lowest BCUT2D eigenvalue weighted by molar-refractivity contribution is -0.123. The van der Waals surface area contributed by atoms with Gasteiger partial charge in [0.2, 0.25) is 5.91 Å². The molecule has 1 unspecified atom stereocenters. The van der Waals surface area contributed by atoms with E-state index >= 15 is 0 Å². The summed E-state index contributed by atoms with van der Waals surface area (Å²) in [5.41, 5.74) is 2.75. The molecule has 1 aliphatic heterocycles. The number of rotatable bonds is 3. The number of hydrogen-bond donors (Lipinski definition) is 2. The largest absolute Gasteiger partial charge is 0.349 e. The van der Waals surface area contributed by atoms with Gasteiger partial charge in [-0.1, -0.05) is 29.8 Å². The van der Waals surface area contributed by atoms with Crippen LogP contribution in [0.2, 0.25) is 0 Å². The molecule has 20 heavy (non-hydrogen) atoms. The predicted octanol–water partition coefficient (Wildman–Crippen LogP) is 2.56. The molecule has 1 spiro atoms. The monoisotopic (exact) mass is 272 g/mol. The van der Waals surface area contributed by atoms with E-state index in [2.05, 4.69) is 48.7 Å². The Kier molecular flexibility index (Phi) is 3.55. The smallest absolute Gasteiger partial charge is 0.224 e. The normalized spacial score (nSPS) is 25.2. The van der Waals surface area contributed by atoms with E-state index in [1.807, 2.05) is 0 Å². The van der Waals surface area contributed by atoms with Crippen molar-refractivity contribution in [1.82, 2.24) is 10.6 Å². The Morgan fingerprint density at radius 2 is 2.15 bits per heavy atom. The standard InChI is InChI=1S/C17H24N2O/c1-12-4-3-5-14(10-12)13(2)19-16(20)15-11-17(15)6-8-18-9-7-17/h3-5,10,13,15,18H,6-9,11H2,1-2H3,(H,19,20)/t13-,15?/m1/s1. The third-order valence-corrected chi connectivity index (χ3v) is 5.01. The van der Waals surface area contributed by atoms with E-state index in [1.165, 1.54) is 11.1 Å². The summed E-state index contributed by atoms with van der Waals surface area (Å²) in [5, 5.41) is 6.58. The first kappa shape index (κ1) is 13.6. The maximum atomic E-state index is 12.4. The highest BCUT2D eigenvalue weighted by Crippen LogP contribution is 2.58. The fraction of sp³-hybridized carbons (Fsp3) is 0.588. The molecule has 2 atom stereocenters. The summed E-state index contributed by atoms with van der Waals surface area (Å²) in [6.07, 6.45) is 3.40. The molecule has 1 heterocycles. The quantitative estimate of drug-likeness (QED) is 0.888. The van der Waals surface area contributed by atoms with Gasteiger partial charge in [0.15, 0.2) is 0 Å². The van der Waals surface area contributed by atoms with Gasteiger partial charge in [0.05, 0.1) is 6.04 Å². The molecule has 1 amide bonds. The van der Waals surface area contributed by atoms with Crippen LogP contribution < -0.4 is 10.6 Å². The first-order valence-corrected chi connectivity index (χ1v) is 7.68. The van der Waals surface area contributed by atoms with Crippen molar-refractivity contribution < 1.29 is 4.79 Å². The molecule has 1 saturated carbocycles. The Labute approximate surface area is 121 Å². The number of benzene rings is 1. The summed E-state index contributed by atoms with van der Waals surface area (Å²) in [4.78, 5) is 12.4.